The van der Waals surface area contributed by atoms with E-state index < -0.39 is 22.0 Å². The Morgan fingerprint density at radius 1 is 1.15 bits per heavy atom. The van der Waals surface area contributed by atoms with Crippen molar-refractivity contribution in [3.63, 3.8) is 0 Å². The number of nitrogens with zero attached hydrogens (tertiary/aromatic N) is 3. The molecule has 2 aromatic carbocycles. The van der Waals surface area contributed by atoms with Crippen LogP contribution in [0, 0.1) is 19.7 Å². The average molecular weight is 503 g/mol. The second-order valence-corrected chi connectivity index (χ2v) is 10.4. The topological polar surface area (TPSA) is 83.8 Å². The van der Waals surface area contributed by atoms with Gasteiger partial charge in [0.05, 0.1) is 11.1 Å². The minimum Gasteiger partial charge on any atom is -0.318 e. The fraction of sp³-hybridized carbons (Fsp3) is 0.250. The van der Waals surface area contributed by atoms with Gasteiger partial charge in [-0.25, -0.2) is 18.2 Å². The molecule has 0 bridgehead atoms. The lowest BCUT2D eigenvalue weighted by Gasteiger charge is -2.22. The fourth-order valence-electron chi connectivity index (χ4n) is 4.18. The molecule has 1 aliphatic rings. The highest BCUT2D eigenvalue weighted by molar-refractivity contribution is 7.89. The highest BCUT2D eigenvalue weighted by atomic mass is 35.5. The lowest BCUT2D eigenvalue weighted by Crippen LogP contribution is -2.44. The normalized spacial score (nSPS) is 16.9. The van der Waals surface area contributed by atoms with Crippen molar-refractivity contribution < 1.29 is 17.6 Å². The fourth-order valence-corrected chi connectivity index (χ4v) is 5.96. The molecule has 2 heterocycles. The summed E-state index contributed by atoms with van der Waals surface area (Å²) in [4.78, 5) is 12.9. The van der Waals surface area contributed by atoms with Crippen molar-refractivity contribution in [1.82, 2.24) is 14.3 Å². The average Bonchev–Trinajstić information content (AvgIpc) is 3.40. The van der Waals surface area contributed by atoms with E-state index in [4.69, 9.17) is 11.6 Å². The highest BCUT2D eigenvalue weighted by Crippen LogP contribution is 2.27. The number of hydrogen-bond donors (Lipinski definition) is 1. The molecule has 0 radical (unpaired) electrons. The van der Waals surface area contributed by atoms with E-state index in [0.717, 1.165) is 22.6 Å². The molecule has 3 aromatic rings. The minimum absolute atomic E-state index is 0.0911. The van der Waals surface area contributed by atoms with Crippen molar-refractivity contribution in [3.05, 3.63) is 82.4 Å². The number of carbonyl (C=O) groups excluding carboxylic acids is 1. The van der Waals surface area contributed by atoms with Crippen LogP contribution in [0.15, 0.2) is 64.6 Å². The van der Waals surface area contributed by atoms with Crippen LogP contribution in [-0.4, -0.2) is 42.0 Å². The molecular formula is C24H24ClFN4O3S. The highest BCUT2D eigenvalue weighted by Gasteiger charge is 2.39. The van der Waals surface area contributed by atoms with Gasteiger partial charge in [-0.3, -0.25) is 4.79 Å². The van der Waals surface area contributed by atoms with Crippen LogP contribution in [0.3, 0.4) is 0 Å². The molecule has 1 aromatic heterocycles. The first-order valence-corrected chi connectivity index (χ1v) is 12.6. The van der Waals surface area contributed by atoms with E-state index in [9.17, 15) is 17.6 Å². The van der Waals surface area contributed by atoms with Crippen LogP contribution >= 0.6 is 11.6 Å². The van der Waals surface area contributed by atoms with Gasteiger partial charge in [0.2, 0.25) is 10.0 Å². The quantitative estimate of drug-likeness (QED) is 0.405. The first kappa shape index (κ1) is 24.1. The van der Waals surface area contributed by atoms with Crippen LogP contribution in [0.5, 0.6) is 0 Å². The number of sulfonamides is 1. The Hall–Kier alpha value is -3.01. The van der Waals surface area contributed by atoms with Crippen molar-refractivity contribution in [1.29, 1.82) is 0 Å². The number of aromatic nitrogens is 1. The van der Waals surface area contributed by atoms with Crippen LogP contribution < -0.4 is 5.43 Å². The zero-order valence-corrected chi connectivity index (χ0v) is 20.3. The number of nitrogens with one attached hydrogen (secondary N) is 1. The standard InChI is InChI=1S/C24H24ClFN4O3S/c1-16-14-18(17(2)30(16)21-9-7-20(26)8-10-21)15-27-28-24(31)23-4-3-13-29(23)34(32,33)22-11-5-19(25)6-12-22/h5-12,14-15,23H,3-4,13H2,1-2H3,(H,28,31)/b27-15-/t23-/m1/s1. The summed E-state index contributed by atoms with van der Waals surface area (Å²) in [5, 5.41) is 4.51. The van der Waals surface area contributed by atoms with Gasteiger partial charge in [0.15, 0.2) is 0 Å². The molecule has 1 N–H and O–H groups in total. The van der Waals surface area contributed by atoms with E-state index in [2.05, 4.69) is 10.5 Å². The summed E-state index contributed by atoms with van der Waals surface area (Å²) in [6.07, 6.45) is 2.51. The number of hydrogen-bond acceptors (Lipinski definition) is 4. The van der Waals surface area contributed by atoms with Crippen molar-refractivity contribution >= 4 is 33.7 Å². The molecule has 178 valence electrons. The van der Waals surface area contributed by atoms with Gasteiger partial charge in [-0.05, 0) is 81.3 Å². The summed E-state index contributed by atoms with van der Waals surface area (Å²) < 4.78 is 42.5. The maximum absolute atomic E-state index is 13.3. The molecule has 1 fully saturated rings. The maximum Gasteiger partial charge on any atom is 0.258 e. The molecule has 0 saturated carbocycles. The summed E-state index contributed by atoms with van der Waals surface area (Å²) >= 11 is 5.87. The van der Waals surface area contributed by atoms with Gasteiger partial charge in [0.1, 0.15) is 11.9 Å². The first-order chi connectivity index (χ1) is 16.2. The first-order valence-electron chi connectivity index (χ1n) is 10.7. The summed E-state index contributed by atoms with van der Waals surface area (Å²) in [5.41, 5.74) is 5.87. The second kappa shape index (κ2) is 9.69. The van der Waals surface area contributed by atoms with E-state index in [1.807, 2.05) is 24.5 Å². The number of hydrazone groups is 1. The molecule has 7 nitrogen and oxygen atoms in total. The summed E-state index contributed by atoms with van der Waals surface area (Å²) in [7, 11) is -3.84. The zero-order valence-electron chi connectivity index (χ0n) is 18.7. The van der Waals surface area contributed by atoms with Gasteiger partial charge >= 0.3 is 0 Å². The van der Waals surface area contributed by atoms with Crippen molar-refractivity contribution in [2.75, 3.05) is 6.54 Å². The van der Waals surface area contributed by atoms with Crippen LogP contribution in [-0.2, 0) is 14.8 Å². The maximum atomic E-state index is 13.3. The second-order valence-electron chi connectivity index (χ2n) is 8.10. The van der Waals surface area contributed by atoms with Gasteiger partial charge in [-0.15, -0.1) is 0 Å². The molecule has 10 heteroatoms. The molecule has 1 saturated heterocycles. The Bertz CT molecular complexity index is 1340. The monoisotopic (exact) mass is 502 g/mol. The number of benzene rings is 2. The predicted molar refractivity (Wildman–Crippen MR) is 129 cm³/mol. The molecule has 4 rings (SSSR count). The lowest BCUT2D eigenvalue weighted by atomic mass is 10.2. The van der Waals surface area contributed by atoms with Crippen LogP contribution in [0.2, 0.25) is 5.02 Å². The Kier molecular flexibility index (Phi) is 6.88. The Morgan fingerprint density at radius 2 is 1.82 bits per heavy atom. The minimum atomic E-state index is -3.84. The molecule has 0 spiro atoms. The van der Waals surface area contributed by atoms with Crippen molar-refractivity contribution in [2.24, 2.45) is 5.10 Å². The third-order valence-corrected chi connectivity index (χ3v) is 8.03. The van der Waals surface area contributed by atoms with Gasteiger partial charge in [-0.1, -0.05) is 11.6 Å². The third-order valence-electron chi connectivity index (χ3n) is 5.86. The van der Waals surface area contributed by atoms with Gasteiger partial charge in [-0.2, -0.15) is 9.41 Å². The number of carbonyl (C=O) groups is 1. The SMILES string of the molecule is Cc1cc(/C=N\NC(=O)[C@H]2CCCN2S(=O)(=O)c2ccc(Cl)cc2)c(C)n1-c1ccc(F)cc1. The van der Waals surface area contributed by atoms with E-state index in [-0.39, 0.29) is 17.3 Å². The number of rotatable bonds is 6. The van der Waals surface area contributed by atoms with Crippen LogP contribution in [0.25, 0.3) is 5.69 Å². The zero-order chi connectivity index (χ0) is 24.5. The predicted octanol–water partition coefficient (Wildman–Crippen LogP) is 4.19. The van der Waals surface area contributed by atoms with Gasteiger partial charge in [0, 0.05) is 34.2 Å². The van der Waals surface area contributed by atoms with Gasteiger partial charge < -0.3 is 4.57 Å². The van der Waals surface area contributed by atoms with E-state index >= 15 is 0 Å². The molecule has 34 heavy (non-hydrogen) atoms. The third kappa shape index (κ3) is 4.77. The molecule has 0 unspecified atom stereocenters. The summed E-state index contributed by atoms with van der Waals surface area (Å²) in [6.45, 7) is 4.08. The number of amides is 1. The summed E-state index contributed by atoms with van der Waals surface area (Å²) in [6, 6.07) is 13.1. The summed E-state index contributed by atoms with van der Waals surface area (Å²) in [5.74, 6) is -0.798. The van der Waals surface area contributed by atoms with Crippen LogP contribution in [0.1, 0.15) is 29.8 Å². The molecule has 1 aliphatic heterocycles. The van der Waals surface area contributed by atoms with Crippen molar-refractivity contribution in [3.8, 4) is 5.69 Å². The molecule has 0 aliphatic carbocycles. The largest absolute Gasteiger partial charge is 0.318 e. The van der Waals surface area contributed by atoms with E-state index in [0.29, 0.717) is 17.9 Å². The van der Waals surface area contributed by atoms with Gasteiger partial charge in [0.25, 0.3) is 5.91 Å². The molecule has 1 amide bonds. The van der Waals surface area contributed by atoms with E-state index in [1.165, 1.54) is 46.9 Å². The molecule has 1 atom stereocenters. The van der Waals surface area contributed by atoms with E-state index in [1.54, 1.807) is 12.1 Å². The number of aryl methyl sites for hydroxylation is 1. The smallest absolute Gasteiger partial charge is 0.258 e. The Balaban J connectivity index is 1.48. The Morgan fingerprint density at radius 3 is 2.50 bits per heavy atom. The van der Waals surface area contributed by atoms with Crippen molar-refractivity contribution in [2.45, 2.75) is 37.6 Å². The van der Waals surface area contributed by atoms with Crippen LogP contribution in [0.4, 0.5) is 4.39 Å². The number of halogens is 2. The Labute approximate surface area is 202 Å². The lowest BCUT2D eigenvalue weighted by molar-refractivity contribution is -0.124. The molecular weight excluding hydrogens is 479 g/mol.